The molecule has 0 saturated heterocycles. The van der Waals surface area contributed by atoms with Gasteiger partial charge in [-0.15, -0.1) is 11.8 Å². The molecule has 8 heteroatoms. The minimum atomic E-state index is -0.986. The van der Waals surface area contributed by atoms with Crippen molar-refractivity contribution < 1.29 is 14.8 Å². The lowest BCUT2D eigenvalue weighted by atomic mass is 10.3. The number of hydrogen-bond acceptors (Lipinski definition) is 5. The number of likely N-dealkylation sites (N-methyl/N-ethyl adjacent to an activating group) is 1. The van der Waals surface area contributed by atoms with Gasteiger partial charge in [0.2, 0.25) is 0 Å². The molecule has 0 radical (unpaired) electrons. The van der Waals surface area contributed by atoms with Gasteiger partial charge in [0.15, 0.2) is 0 Å². The Kier molecular flexibility index (Phi) is 5.57. The zero-order valence-electron chi connectivity index (χ0n) is 9.42. The monoisotopic (exact) mass is 334 g/mol. The summed E-state index contributed by atoms with van der Waals surface area (Å²) in [4.78, 5) is 21.6. The molecular weight excluding hydrogens is 324 g/mol. The van der Waals surface area contributed by atoms with E-state index in [1.807, 2.05) is 0 Å². The van der Waals surface area contributed by atoms with Gasteiger partial charge in [0.1, 0.15) is 6.04 Å². The lowest BCUT2D eigenvalue weighted by Gasteiger charge is -2.11. The number of benzene rings is 1. The second kappa shape index (κ2) is 6.72. The highest BCUT2D eigenvalue weighted by atomic mass is 79.9. The van der Waals surface area contributed by atoms with Crippen molar-refractivity contribution >= 4 is 39.3 Å². The van der Waals surface area contributed by atoms with Crippen LogP contribution in [0.3, 0.4) is 0 Å². The Morgan fingerprint density at radius 2 is 2.33 bits per heavy atom. The Balaban J connectivity index is 2.90. The zero-order valence-corrected chi connectivity index (χ0v) is 11.8. The molecule has 0 aliphatic carbocycles. The highest BCUT2D eigenvalue weighted by molar-refractivity contribution is 9.10. The van der Waals surface area contributed by atoms with Crippen LogP contribution in [0.5, 0.6) is 0 Å². The Hall–Kier alpha value is -1.12. The minimum Gasteiger partial charge on any atom is -0.480 e. The minimum absolute atomic E-state index is 0.0328. The van der Waals surface area contributed by atoms with Crippen LogP contribution in [0.15, 0.2) is 27.6 Å². The summed E-state index contributed by atoms with van der Waals surface area (Å²) in [5.41, 5.74) is -0.0328. The first-order chi connectivity index (χ1) is 8.47. The molecule has 1 atom stereocenters. The molecule has 6 nitrogen and oxygen atoms in total. The number of nitro benzene ring substituents is 1. The molecule has 2 N–H and O–H groups in total. The second-order valence-electron chi connectivity index (χ2n) is 3.34. The van der Waals surface area contributed by atoms with Crippen LogP contribution in [-0.4, -0.2) is 34.8 Å². The highest BCUT2D eigenvalue weighted by Crippen LogP contribution is 2.35. The van der Waals surface area contributed by atoms with Crippen molar-refractivity contribution in [2.45, 2.75) is 10.9 Å². The molecular formula is C10H11BrN2O4S. The summed E-state index contributed by atoms with van der Waals surface area (Å²) in [6.45, 7) is 0. The van der Waals surface area contributed by atoms with Gasteiger partial charge >= 0.3 is 5.97 Å². The summed E-state index contributed by atoms with van der Waals surface area (Å²) in [6, 6.07) is 3.90. The second-order valence-corrected chi connectivity index (χ2v) is 5.22. The molecule has 0 bridgehead atoms. The Bertz CT molecular complexity index is 469. The van der Waals surface area contributed by atoms with Crippen molar-refractivity contribution in [3.05, 3.63) is 32.8 Å². The quantitative estimate of drug-likeness (QED) is 0.470. The van der Waals surface area contributed by atoms with Gasteiger partial charge in [-0.1, -0.05) is 6.07 Å². The fraction of sp³-hybridized carbons (Fsp3) is 0.300. The van der Waals surface area contributed by atoms with Crippen LogP contribution in [0.1, 0.15) is 0 Å². The average molecular weight is 335 g/mol. The first kappa shape index (κ1) is 14.9. The van der Waals surface area contributed by atoms with E-state index in [0.29, 0.717) is 9.37 Å². The van der Waals surface area contributed by atoms with E-state index in [1.165, 1.54) is 13.1 Å². The third-order valence-electron chi connectivity index (χ3n) is 2.18. The molecule has 0 fully saturated rings. The molecule has 1 rings (SSSR count). The van der Waals surface area contributed by atoms with Gasteiger partial charge in [0.05, 0.1) is 9.82 Å². The first-order valence-corrected chi connectivity index (χ1v) is 6.71. The van der Waals surface area contributed by atoms with Crippen molar-refractivity contribution in [1.82, 2.24) is 5.32 Å². The van der Waals surface area contributed by atoms with Crippen LogP contribution in [0.2, 0.25) is 0 Å². The van der Waals surface area contributed by atoms with E-state index in [1.54, 1.807) is 12.1 Å². The smallest absolute Gasteiger partial charge is 0.321 e. The number of nitrogens with one attached hydrogen (secondary N) is 1. The third kappa shape index (κ3) is 3.69. The number of rotatable bonds is 6. The molecule has 0 amide bonds. The van der Waals surface area contributed by atoms with Crippen molar-refractivity contribution in [3.8, 4) is 0 Å². The molecule has 0 aliphatic heterocycles. The van der Waals surface area contributed by atoms with E-state index in [0.717, 1.165) is 11.8 Å². The number of halogens is 1. The largest absolute Gasteiger partial charge is 0.480 e. The summed E-state index contributed by atoms with van der Waals surface area (Å²) in [5.74, 6) is -0.783. The fourth-order valence-electron chi connectivity index (χ4n) is 1.23. The topological polar surface area (TPSA) is 92.5 Å². The molecule has 1 aromatic carbocycles. The summed E-state index contributed by atoms with van der Waals surface area (Å²) < 4.78 is 0.585. The summed E-state index contributed by atoms with van der Waals surface area (Å²) in [7, 11) is 1.54. The SMILES string of the molecule is CN[C@@H](CSc1c(Br)cccc1[N+](=O)[O-])C(=O)O. The summed E-state index contributed by atoms with van der Waals surface area (Å²) in [6.07, 6.45) is 0. The number of nitrogens with zero attached hydrogens (tertiary/aromatic N) is 1. The molecule has 98 valence electrons. The number of nitro groups is 1. The third-order valence-corrected chi connectivity index (χ3v) is 4.32. The molecule has 0 aliphatic rings. The van der Waals surface area contributed by atoms with Gasteiger partial charge in [-0.05, 0) is 29.0 Å². The average Bonchev–Trinajstić information content (AvgIpc) is 2.30. The van der Waals surface area contributed by atoms with Gasteiger partial charge in [-0.3, -0.25) is 14.9 Å². The number of carboxylic acid groups (broad SMARTS) is 1. The van der Waals surface area contributed by atoms with E-state index < -0.39 is 16.9 Å². The van der Waals surface area contributed by atoms with Crippen LogP contribution in [-0.2, 0) is 4.79 Å². The highest BCUT2D eigenvalue weighted by Gasteiger charge is 2.21. The van der Waals surface area contributed by atoms with Crippen molar-refractivity contribution in [3.63, 3.8) is 0 Å². The van der Waals surface area contributed by atoms with Gasteiger partial charge in [-0.25, -0.2) is 0 Å². The fourth-order valence-corrected chi connectivity index (χ4v) is 3.07. The standard InChI is InChI=1S/C10H11BrN2O4S/c1-12-7(10(14)15)5-18-9-6(11)3-2-4-8(9)13(16)17/h2-4,7,12H,5H2,1H3,(H,14,15)/t7-/m0/s1. The zero-order chi connectivity index (χ0) is 13.7. The number of thioether (sulfide) groups is 1. The van der Waals surface area contributed by atoms with Gasteiger partial charge in [0, 0.05) is 16.3 Å². The number of aliphatic carboxylic acids is 1. The van der Waals surface area contributed by atoms with Crippen LogP contribution in [0, 0.1) is 10.1 Å². The van der Waals surface area contributed by atoms with Crippen molar-refractivity contribution in [1.29, 1.82) is 0 Å². The van der Waals surface area contributed by atoms with Crippen molar-refractivity contribution in [2.75, 3.05) is 12.8 Å². The Morgan fingerprint density at radius 1 is 1.67 bits per heavy atom. The maximum Gasteiger partial charge on any atom is 0.321 e. The van der Waals surface area contributed by atoms with E-state index >= 15 is 0 Å². The summed E-state index contributed by atoms with van der Waals surface area (Å²) in [5, 5.41) is 22.4. The maximum atomic E-state index is 10.9. The van der Waals surface area contributed by atoms with Gasteiger partial charge in [0.25, 0.3) is 5.69 Å². The van der Waals surface area contributed by atoms with Gasteiger partial charge in [-0.2, -0.15) is 0 Å². The molecule has 0 heterocycles. The van der Waals surface area contributed by atoms with E-state index in [4.69, 9.17) is 5.11 Å². The Labute approximate surface area is 116 Å². The lowest BCUT2D eigenvalue weighted by molar-refractivity contribution is -0.387. The van der Waals surface area contributed by atoms with Crippen LogP contribution in [0.25, 0.3) is 0 Å². The molecule has 18 heavy (non-hydrogen) atoms. The van der Waals surface area contributed by atoms with E-state index in [2.05, 4.69) is 21.2 Å². The molecule has 0 unspecified atom stereocenters. The predicted octanol–water partition coefficient (Wildman–Crippen LogP) is 2.12. The van der Waals surface area contributed by atoms with E-state index in [-0.39, 0.29) is 11.4 Å². The molecule has 0 aromatic heterocycles. The molecule has 0 spiro atoms. The normalized spacial score (nSPS) is 12.1. The van der Waals surface area contributed by atoms with Crippen LogP contribution < -0.4 is 5.32 Å². The predicted molar refractivity (Wildman–Crippen MR) is 72.0 cm³/mol. The maximum absolute atomic E-state index is 10.9. The lowest BCUT2D eigenvalue weighted by Crippen LogP contribution is -2.35. The van der Waals surface area contributed by atoms with Crippen LogP contribution >= 0.6 is 27.7 Å². The van der Waals surface area contributed by atoms with Crippen molar-refractivity contribution in [2.24, 2.45) is 0 Å². The number of hydrogen-bond donors (Lipinski definition) is 2. The molecule has 0 saturated carbocycles. The first-order valence-electron chi connectivity index (χ1n) is 4.93. The van der Waals surface area contributed by atoms with Crippen LogP contribution in [0.4, 0.5) is 5.69 Å². The number of carboxylic acids is 1. The van der Waals surface area contributed by atoms with E-state index in [9.17, 15) is 14.9 Å². The Morgan fingerprint density at radius 3 is 2.83 bits per heavy atom. The summed E-state index contributed by atoms with van der Waals surface area (Å²) >= 11 is 4.36. The van der Waals surface area contributed by atoms with Gasteiger partial charge < -0.3 is 10.4 Å². The molecule has 1 aromatic rings. The number of carbonyl (C=O) groups is 1.